The number of methoxy groups -OCH3 is 6. The van der Waals surface area contributed by atoms with Crippen LogP contribution >= 0.6 is 15.9 Å². The van der Waals surface area contributed by atoms with E-state index in [0.717, 1.165) is 21.4 Å². The Hall–Kier alpha value is -10.1. The zero-order valence-electron chi connectivity index (χ0n) is 44.3. The highest BCUT2D eigenvalue weighted by molar-refractivity contribution is 9.10. The Morgan fingerprint density at radius 1 is 0.487 bits per heavy atom. The number of halogens is 1. The van der Waals surface area contributed by atoms with E-state index < -0.39 is 0 Å². The molecule has 0 aliphatic carbocycles. The highest BCUT2D eigenvalue weighted by atomic mass is 79.9. The van der Waals surface area contributed by atoms with E-state index in [1.165, 1.54) is 55.1 Å². The maximum atomic E-state index is 13.6. The summed E-state index contributed by atoms with van der Waals surface area (Å²) in [6.45, 7) is 0. The fraction of sp³-hybridized carbons (Fsp3) is 0.115. The van der Waals surface area contributed by atoms with Crippen molar-refractivity contribution in [1.82, 2.24) is 39.5 Å². The lowest BCUT2D eigenvalue weighted by Gasteiger charge is -2.14. The second-order valence-electron chi connectivity index (χ2n) is 16.5. The highest BCUT2D eigenvalue weighted by Gasteiger charge is 2.25. The zero-order chi connectivity index (χ0) is 56.8. The van der Waals surface area contributed by atoms with Gasteiger partial charge in [0.05, 0.1) is 66.7 Å². The average molecular weight is 1140 g/mol. The number of nitrogens with zero attached hydrogens (tertiary/aromatic N) is 7. The first-order valence-electron chi connectivity index (χ1n) is 24.3. The van der Waals surface area contributed by atoms with E-state index in [2.05, 4.69) is 50.8 Å². The van der Waals surface area contributed by atoms with Gasteiger partial charge >= 0.3 is 0 Å². The van der Waals surface area contributed by atoms with Crippen LogP contribution in [0.4, 0.5) is 0 Å². The largest absolute Gasteiger partial charge is 0.493 e. The molecule has 19 heteroatoms. The summed E-state index contributed by atoms with van der Waals surface area (Å²) in [6.07, 6.45) is 9.71. The van der Waals surface area contributed by atoms with Crippen LogP contribution in [0.15, 0.2) is 200 Å². The smallest absolute Gasteiger partial charge is 0.229 e. The van der Waals surface area contributed by atoms with Crippen molar-refractivity contribution in [3.05, 3.63) is 234 Å². The quantitative estimate of drug-likeness (QED) is 0.0509. The number of rotatable bonds is 17. The van der Waals surface area contributed by atoms with Gasteiger partial charge in [-0.15, -0.1) is 0 Å². The van der Waals surface area contributed by atoms with Crippen LogP contribution in [0, 0.1) is 0 Å². The van der Waals surface area contributed by atoms with Gasteiger partial charge in [0.25, 0.3) is 0 Å². The van der Waals surface area contributed by atoms with E-state index in [9.17, 15) is 19.2 Å². The average Bonchev–Trinajstić information content (AvgIpc) is 4.21. The first-order valence-corrected chi connectivity index (χ1v) is 25.1. The number of hydrogen-bond donors (Lipinski definition) is 1. The normalized spacial score (nSPS) is 10.2. The summed E-state index contributed by atoms with van der Waals surface area (Å²) in [5.74, 6) is 2.39. The van der Waals surface area contributed by atoms with Gasteiger partial charge in [-0.3, -0.25) is 33.7 Å². The number of imidazole rings is 2. The number of carbonyl (C=O) groups excluding carboxylic acids is 4. The van der Waals surface area contributed by atoms with Crippen molar-refractivity contribution >= 4 is 39.1 Å². The molecular weight excluding hydrogens is 1080 g/mol. The van der Waals surface area contributed by atoms with Gasteiger partial charge in [-0.25, -0.2) is 19.9 Å². The third kappa shape index (κ3) is 14.9. The molecule has 18 nitrogen and oxygen atoms in total. The second-order valence-corrected chi connectivity index (χ2v) is 17.3. The minimum Gasteiger partial charge on any atom is -0.493 e. The molecular formula is C61H53BrN8O10. The first-order chi connectivity index (χ1) is 39.0. The third-order valence-corrected chi connectivity index (χ3v) is 11.9. The van der Waals surface area contributed by atoms with Gasteiger partial charge in [0, 0.05) is 47.7 Å². The third-order valence-electron chi connectivity index (χ3n) is 11.5. The molecule has 0 unspecified atom stereocenters. The monoisotopic (exact) mass is 1140 g/mol. The van der Waals surface area contributed by atoms with E-state index in [0.29, 0.717) is 68.5 Å². The number of H-pyrrole nitrogens is 1. The summed E-state index contributed by atoms with van der Waals surface area (Å²) in [5.41, 5.74) is 4.66. The molecule has 10 aromatic rings. The van der Waals surface area contributed by atoms with Crippen LogP contribution in [0.2, 0.25) is 0 Å². The Balaban J connectivity index is 0.000000168. The molecule has 0 amide bonds. The molecule has 0 aliphatic heterocycles. The lowest BCUT2D eigenvalue weighted by Crippen LogP contribution is -2.11. The van der Waals surface area contributed by atoms with Gasteiger partial charge in [-0.2, -0.15) is 0 Å². The molecule has 1 N–H and O–H groups in total. The van der Waals surface area contributed by atoms with Crippen LogP contribution < -0.4 is 28.4 Å². The molecule has 0 spiro atoms. The summed E-state index contributed by atoms with van der Waals surface area (Å²) in [4.78, 5) is 77.8. The van der Waals surface area contributed by atoms with Gasteiger partial charge in [0.2, 0.25) is 23.1 Å². The molecule has 0 saturated heterocycles. The zero-order valence-corrected chi connectivity index (χ0v) is 45.9. The lowest BCUT2D eigenvalue weighted by atomic mass is 10.1. The summed E-state index contributed by atoms with van der Waals surface area (Å²) >= 11 is 3.20. The molecule has 0 saturated carbocycles. The molecule has 0 atom stereocenters. The molecule has 404 valence electrons. The number of aromatic amines is 1. The molecule has 4 aromatic carbocycles. The van der Waals surface area contributed by atoms with E-state index in [-0.39, 0.29) is 41.2 Å². The van der Waals surface area contributed by atoms with Gasteiger partial charge in [0.15, 0.2) is 46.2 Å². The molecule has 0 bridgehead atoms. The molecule has 6 aromatic heterocycles. The number of benzene rings is 4. The predicted octanol–water partition coefficient (Wildman–Crippen LogP) is 11.3. The summed E-state index contributed by atoms with van der Waals surface area (Å²) in [6, 6.07) is 47.0. The number of ether oxygens (including phenoxy) is 6. The maximum absolute atomic E-state index is 13.6. The Kier molecular flexibility index (Phi) is 20.8. The predicted molar refractivity (Wildman–Crippen MR) is 304 cm³/mol. The van der Waals surface area contributed by atoms with Crippen molar-refractivity contribution in [2.75, 3.05) is 42.7 Å². The molecule has 80 heavy (non-hydrogen) atoms. The summed E-state index contributed by atoms with van der Waals surface area (Å²) in [7, 11) is 9.06. The minimum absolute atomic E-state index is 0.200. The SMILES string of the molecule is Brc1ccccn1.COc1cc(C(=O)c2nc(-c3ccccc3)cn2-c2ccccn2)cc(OC)c1OC.COc1cc(C(=O)c2ncc(-c3ccccc3)[nH]2)cc(OC)c1OC.O=C(CC(=O)c1ccccn1)c1ccccn1. The van der Waals surface area contributed by atoms with Gasteiger partial charge in [-0.1, -0.05) is 84.9 Å². The lowest BCUT2D eigenvalue weighted by molar-refractivity contribution is 0.0887. The van der Waals surface area contributed by atoms with Crippen molar-refractivity contribution < 1.29 is 47.6 Å². The Bertz CT molecular complexity index is 3530. The van der Waals surface area contributed by atoms with Crippen molar-refractivity contribution in [1.29, 1.82) is 0 Å². The van der Waals surface area contributed by atoms with E-state index in [4.69, 9.17) is 28.4 Å². The highest BCUT2D eigenvalue weighted by Crippen LogP contribution is 2.40. The standard InChI is InChI=1S/C24H21N3O4.C19H18N2O4.C13H10N2O2.C5H4BrN/c1-29-19-13-17(14-20(30-2)23(19)31-3)22(28)24-26-18(16-9-5-4-6-10-16)15-27(24)21-11-7-8-12-25-21;1-23-15-9-13(10-16(24-2)18(15)25-3)17(22)19-20-11-14(21-19)12-7-5-4-6-8-12;16-12(10-5-1-3-7-14-10)9-13(17)11-6-2-4-8-15-11;6-5-3-1-2-4-7-5/h4-15H,1-3H3;4-11H,1-3H3,(H,20,21);1-8H,9H2;1-4H. The summed E-state index contributed by atoms with van der Waals surface area (Å²) in [5, 5.41) is 0. The molecule has 0 radical (unpaired) electrons. The van der Waals surface area contributed by atoms with Crippen molar-refractivity contribution in [2.24, 2.45) is 0 Å². The minimum atomic E-state index is -0.299. The number of Topliss-reactive ketones (excluding diaryl/α,β-unsaturated/α-hetero) is 2. The van der Waals surface area contributed by atoms with Crippen LogP contribution in [-0.2, 0) is 0 Å². The second kappa shape index (κ2) is 28.8. The Labute approximate surface area is 469 Å². The van der Waals surface area contributed by atoms with E-state index >= 15 is 0 Å². The van der Waals surface area contributed by atoms with Crippen LogP contribution in [0.25, 0.3) is 28.3 Å². The van der Waals surface area contributed by atoms with Crippen LogP contribution in [0.1, 0.15) is 59.8 Å². The van der Waals surface area contributed by atoms with Gasteiger partial charge < -0.3 is 33.4 Å². The van der Waals surface area contributed by atoms with Gasteiger partial charge in [0.1, 0.15) is 21.8 Å². The van der Waals surface area contributed by atoms with Crippen LogP contribution in [-0.4, -0.2) is 105 Å². The van der Waals surface area contributed by atoms with Crippen LogP contribution in [0.3, 0.4) is 0 Å². The fourth-order valence-corrected chi connectivity index (χ4v) is 7.85. The number of hydrogen-bond acceptors (Lipinski definition) is 16. The Morgan fingerprint density at radius 2 is 0.938 bits per heavy atom. The van der Waals surface area contributed by atoms with E-state index in [1.807, 2.05) is 103 Å². The molecule has 0 fully saturated rings. The fourth-order valence-electron chi connectivity index (χ4n) is 7.57. The summed E-state index contributed by atoms with van der Waals surface area (Å²) < 4.78 is 34.6. The van der Waals surface area contributed by atoms with Crippen molar-refractivity contribution in [3.63, 3.8) is 0 Å². The number of carbonyl (C=O) groups is 4. The Morgan fingerprint density at radius 3 is 1.35 bits per heavy atom. The number of aromatic nitrogens is 8. The van der Waals surface area contributed by atoms with E-state index in [1.54, 1.807) is 83.8 Å². The van der Waals surface area contributed by atoms with Crippen molar-refractivity contribution in [2.45, 2.75) is 6.42 Å². The van der Waals surface area contributed by atoms with Crippen molar-refractivity contribution in [3.8, 4) is 62.8 Å². The number of pyridine rings is 4. The molecule has 6 heterocycles. The first kappa shape index (κ1) is 57.6. The van der Waals surface area contributed by atoms with Gasteiger partial charge in [-0.05, 0) is 94.3 Å². The number of nitrogens with one attached hydrogen (secondary N) is 1. The maximum Gasteiger partial charge on any atom is 0.229 e. The number of ketones is 4. The molecule has 10 rings (SSSR count). The van der Waals surface area contributed by atoms with Crippen LogP contribution in [0.5, 0.6) is 34.5 Å². The molecule has 0 aliphatic rings. The topological polar surface area (TPSA) is 222 Å².